The number of carbonyl (C=O) groups excluding carboxylic acids is 3. The summed E-state index contributed by atoms with van der Waals surface area (Å²) in [6.45, 7) is 0. The van der Waals surface area contributed by atoms with E-state index in [4.69, 9.17) is 23.2 Å². The van der Waals surface area contributed by atoms with Gasteiger partial charge in [-0.25, -0.2) is 10.3 Å². The molecule has 196 valence electrons. The molecule has 3 amide bonds. The van der Waals surface area contributed by atoms with Crippen LogP contribution in [0.3, 0.4) is 0 Å². The summed E-state index contributed by atoms with van der Waals surface area (Å²) < 4.78 is 0. The van der Waals surface area contributed by atoms with Crippen molar-refractivity contribution in [3.05, 3.63) is 135 Å². The average Bonchev–Trinajstić information content (AvgIpc) is 3.24. The van der Waals surface area contributed by atoms with Gasteiger partial charge in [-0.05, 0) is 58.7 Å². The van der Waals surface area contributed by atoms with E-state index in [9.17, 15) is 14.4 Å². The summed E-state index contributed by atoms with van der Waals surface area (Å²) in [6.07, 6.45) is 1.63. The highest BCUT2D eigenvalue weighted by Crippen LogP contribution is 2.63. The number of hydrogen-bond donors (Lipinski definition) is 1. The molecule has 0 radical (unpaired) electrons. The van der Waals surface area contributed by atoms with Gasteiger partial charge in [-0.15, -0.1) is 0 Å². The first-order valence-electron chi connectivity index (χ1n) is 12.8. The quantitative estimate of drug-likeness (QED) is 0.188. The first-order chi connectivity index (χ1) is 19.4. The van der Waals surface area contributed by atoms with Gasteiger partial charge >= 0.3 is 0 Å². The smallest absolute Gasteiger partial charge is 0.271 e. The van der Waals surface area contributed by atoms with Crippen LogP contribution in [0, 0.1) is 11.8 Å². The fourth-order valence-electron chi connectivity index (χ4n) is 6.78. The van der Waals surface area contributed by atoms with Gasteiger partial charge in [0.15, 0.2) is 0 Å². The molecule has 8 rings (SSSR count). The lowest BCUT2D eigenvalue weighted by atomic mass is 9.47. The summed E-state index contributed by atoms with van der Waals surface area (Å²) in [7, 11) is 0. The van der Waals surface area contributed by atoms with Gasteiger partial charge in [0.1, 0.15) is 0 Å². The van der Waals surface area contributed by atoms with Gasteiger partial charge in [-0.3, -0.25) is 14.4 Å². The summed E-state index contributed by atoms with van der Waals surface area (Å²) in [5.74, 6) is -2.79. The molecule has 1 saturated heterocycles. The van der Waals surface area contributed by atoms with Gasteiger partial charge in [0.05, 0.1) is 28.0 Å². The molecule has 0 aromatic heterocycles. The second kappa shape index (κ2) is 9.15. The van der Waals surface area contributed by atoms with Crippen LogP contribution in [0.1, 0.15) is 38.5 Å². The molecule has 8 heteroatoms. The number of para-hydroxylation sites is 1. The molecule has 40 heavy (non-hydrogen) atoms. The lowest BCUT2D eigenvalue weighted by Gasteiger charge is -2.52. The first-order valence-corrected chi connectivity index (χ1v) is 13.6. The zero-order valence-electron chi connectivity index (χ0n) is 20.9. The van der Waals surface area contributed by atoms with E-state index in [1.165, 1.54) is 4.90 Å². The molecule has 4 aromatic carbocycles. The minimum Gasteiger partial charge on any atom is -0.274 e. The number of benzene rings is 4. The van der Waals surface area contributed by atoms with E-state index in [0.717, 1.165) is 22.3 Å². The molecule has 0 spiro atoms. The second-order valence-electron chi connectivity index (χ2n) is 10.2. The van der Waals surface area contributed by atoms with E-state index in [2.05, 4.69) is 10.5 Å². The van der Waals surface area contributed by atoms with E-state index in [1.807, 2.05) is 48.5 Å². The van der Waals surface area contributed by atoms with Crippen LogP contribution in [0.4, 0.5) is 5.69 Å². The third-order valence-electron chi connectivity index (χ3n) is 8.32. The average molecular weight is 566 g/mol. The Bertz CT molecular complexity index is 1700. The Hall–Kier alpha value is -4.26. The van der Waals surface area contributed by atoms with Gasteiger partial charge in [0.2, 0.25) is 11.8 Å². The Morgan fingerprint density at radius 2 is 1.40 bits per heavy atom. The molecule has 1 aliphatic heterocycles. The van der Waals surface area contributed by atoms with Crippen LogP contribution in [0.15, 0.2) is 102 Å². The number of imide groups is 1. The molecular formula is C32H21Cl2N3O3. The van der Waals surface area contributed by atoms with E-state index in [1.54, 1.807) is 54.7 Å². The van der Waals surface area contributed by atoms with Crippen molar-refractivity contribution < 1.29 is 14.4 Å². The lowest BCUT2D eigenvalue weighted by Crippen LogP contribution is -2.54. The number of carbonyl (C=O) groups is 3. The van der Waals surface area contributed by atoms with Crippen molar-refractivity contribution >= 4 is 52.8 Å². The summed E-state index contributed by atoms with van der Waals surface area (Å²) in [6, 6.07) is 29.1. The Labute approximate surface area is 240 Å². The minimum absolute atomic E-state index is 0.292. The topological polar surface area (TPSA) is 78.8 Å². The number of nitrogens with one attached hydrogen (secondary N) is 1. The third-order valence-corrected chi connectivity index (χ3v) is 8.89. The number of hydrazone groups is 1. The van der Waals surface area contributed by atoms with Crippen LogP contribution in [-0.4, -0.2) is 23.9 Å². The molecule has 1 N–H and O–H groups in total. The maximum atomic E-state index is 14.4. The molecule has 0 unspecified atom stereocenters. The first kappa shape index (κ1) is 24.8. The lowest BCUT2D eigenvalue weighted by molar-refractivity contribution is -0.122. The molecule has 4 aliphatic rings. The van der Waals surface area contributed by atoms with E-state index in [0.29, 0.717) is 21.3 Å². The molecule has 1 heterocycles. The Kier molecular flexibility index (Phi) is 5.66. The molecule has 6 nitrogen and oxygen atoms in total. The van der Waals surface area contributed by atoms with Crippen LogP contribution >= 0.6 is 23.2 Å². The number of hydrogen-bond acceptors (Lipinski definition) is 4. The predicted octanol–water partition coefficient (Wildman–Crippen LogP) is 5.96. The van der Waals surface area contributed by atoms with Crippen molar-refractivity contribution in [1.82, 2.24) is 5.43 Å². The SMILES string of the molecule is O=C(N/N=C\C12c3ccccc3C(c3ccccc31)[C@H]1C(=O)N(c3ccccc3Cl)C(=O)[C@H]12)c1ccc(Cl)cc1. The normalized spacial score (nSPS) is 24.1. The summed E-state index contributed by atoms with van der Waals surface area (Å²) in [4.78, 5) is 42.7. The molecule has 2 atom stereocenters. The largest absolute Gasteiger partial charge is 0.274 e. The Balaban J connectivity index is 1.41. The predicted molar refractivity (Wildman–Crippen MR) is 154 cm³/mol. The third kappa shape index (κ3) is 3.36. The molecular weight excluding hydrogens is 545 g/mol. The van der Waals surface area contributed by atoms with Crippen LogP contribution in [0.25, 0.3) is 0 Å². The van der Waals surface area contributed by atoms with Gasteiger partial charge in [0.25, 0.3) is 5.91 Å². The molecule has 3 aliphatic carbocycles. The highest BCUT2D eigenvalue weighted by Gasteiger charge is 2.68. The van der Waals surface area contributed by atoms with Crippen molar-refractivity contribution in [3.63, 3.8) is 0 Å². The van der Waals surface area contributed by atoms with E-state index >= 15 is 0 Å². The van der Waals surface area contributed by atoms with Gasteiger partial charge in [-0.1, -0.05) is 83.9 Å². The fourth-order valence-corrected chi connectivity index (χ4v) is 7.13. The van der Waals surface area contributed by atoms with Crippen LogP contribution in [0.5, 0.6) is 0 Å². The number of halogens is 2. The highest BCUT2D eigenvalue weighted by molar-refractivity contribution is 6.36. The molecule has 0 saturated carbocycles. The van der Waals surface area contributed by atoms with Crippen molar-refractivity contribution in [2.75, 3.05) is 4.90 Å². The van der Waals surface area contributed by atoms with Crippen molar-refractivity contribution in [2.24, 2.45) is 16.9 Å². The van der Waals surface area contributed by atoms with Crippen molar-refractivity contribution in [1.29, 1.82) is 0 Å². The summed E-state index contributed by atoms with van der Waals surface area (Å²) >= 11 is 12.5. The molecule has 2 bridgehead atoms. The number of rotatable bonds is 4. The number of amides is 3. The number of anilines is 1. The molecule has 4 aromatic rings. The zero-order valence-corrected chi connectivity index (χ0v) is 22.4. The maximum Gasteiger partial charge on any atom is 0.271 e. The fraction of sp³-hybridized carbons (Fsp3) is 0.125. The van der Waals surface area contributed by atoms with Gasteiger partial charge < -0.3 is 0 Å². The standard InChI is InChI=1S/C32H21Cl2N3O3/c33-19-15-13-18(14-16-19)29(38)36-35-17-32-22-9-3-1-7-20(22)26(21-8-2-4-10-23(21)32)27-28(32)31(40)37(30(27)39)25-12-6-5-11-24(25)34/h1-17,26-28H,(H,36,38)/b35-17-/t26?,27-,28+,32?/m1/s1. The van der Waals surface area contributed by atoms with Gasteiger partial charge in [-0.2, -0.15) is 5.10 Å². The van der Waals surface area contributed by atoms with Crippen LogP contribution in [-0.2, 0) is 15.0 Å². The Morgan fingerprint density at radius 1 is 0.800 bits per heavy atom. The minimum atomic E-state index is -1.09. The summed E-state index contributed by atoms with van der Waals surface area (Å²) in [5.41, 5.74) is 6.01. The highest BCUT2D eigenvalue weighted by atomic mass is 35.5. The van der Waals surface area contributed by atoms with Crippen molar-refractivity contribution in [3.8, 4) is 0 Å². The maximum absolute atomic E-state index is 14.4. The van der Waals surface area contributed by atoms with Crippen LogP contribution in [0.2, 0.25) is 10.0 Å². The van der Waals surface area contributed by atoms with Crippen molar-refractivity contribution in [2.45, 2.75) is 11.3 Å². The van der Waals surface area contributed by atoms with Crippen LogP contribution < -0.4 is 10.3 Å². The summed E-state index contributed by atoms with van der Waals surface area (Å²) in [5, 5.41) is 5.27. The Morgan fingerprint density at radius 3 is 2.05 bits per heavy atom. The second-order valence-corrected chi connectivity index (χ2v) is 11.0. The molecule has 1 fully saturated rings. The monoisotopic (exact) mass is 565 g/mol. The van der Waals surface area contributed by atoms with E-state index in [-0.39, 0.29) is 17.7 Å². The zero-order chi connectivity index (χ0) is 27.6. The van der Waals surface area contributed by atoms with E-state index < -0.39 is 23.2 Å². The van der Waals surface area contributed by atoms with Gasteiger partial charge in [0, 0.05) is 22.7 Å². The number of nitrogens with zero attached hydrogens (tertiary/aromatic N) is 2.